The second-order valence-corrected chi connectivity index (χ2v) is 3.59. The summed E-state index contributed by atoms with van der Waals surface area (Å²) >= 11 is 0. The largest absolute Gasteiger partial charge is 0.492 e. The molecule has 0 aliphatic heterocycles. The zero-order valence-electron chi connectivity index (χ0n) is 9.71. The quantitative estimate of drug-likeness (QED) is 0.832. The highest BCUT2D eigenvalue weighted by Crippen LogP contribution is 2.32. The van der Waals surface area contributed by atoms with E-state index in [9.17, 15) is 13.2 Å². The predicted octanol–water partition coefficient (Wildman–Crippen LogP) is 2.67. The lowest BCUT2D eigenvalue weighted by molar-refractivity contribution is -0.119. The Kier molecular flexibility index (Phi) is 4.09. The maximum atomic E-state index is 12.3. The van der Waals surface area contributed by atoms with Crippen LogP contribution >= 0.6 is 0 Å². The maximum absolute atomic E-state index is 12.3. The molecule has 0 aromatic heterocycles. The molecular formula is C11H15F3N2O. The SMILES string of the molecule is CCOc1cccc(N(C)CC(F)(F)F)c1N. The summed E-state index contributed by atoms with van der Waals surface area (Å²) in [5.74, 6) is 0.402. The number of nitrogen functional groups attached to an aromatic ring is 1. The number of anilines is 2. The Morgan fingerprint density at radius 2 is 2.00 bits per heavy atom. The summed E-state index contributed by atoms with van der Waals surface area (Å²) in [5.41, 5.74) is 6.29. The number of hydrogen-bond donors (Lipinski definition) is 1. The van der Waals surface area contributed by atoms with Gasteiger partial charge in [0, 0.05) is 7.05 Å². The zero-order valence-corrected chi connectivity index (χ0v) is 9.71. The molecular weight excluding hydrogens is 233 g/mol. The number of para-hydroxylation sites is 1. The molecule has 0 spiro atoms. The van der Waals surface area contributed by atoms with Crippen LogP contribution < -0.4 is 15.4 Å². The van der Waals surface area contributed by atoms with Gasteiger partial charge in [0.1, 0.15) is 12.3 Å². The first kappa shape index (κ1) is 13.5. The lowest BCUT2D eigenvalue weighted by atomic mass is 10.2. The Morgan fingerprint density at radius 1 is 1.35 bits per heavy atom. The molecule has 0 atom stereocenters. The first-order valence-electron chi connectivity index (χ1n) is 5.14. The summed E-state index contributed by atoms with van der Waals surface area (Å²) in [6.07, 6.45) is -4.26. The van der Waals surface area contributed by atoms with E-state index >= 15 is 0 Å². The van der Waals surface area contributed by atoms with Gasteiger partial charge < -0.3 is 15.4 Å². The minimum Gasteiger partial charge on any atom is -0.492 e. The molecule has 3 nitrogen and oxygen atoms in total. The first-order chi connectivity index (χ1) is 7.85. The van der Waals surface area contributed by atoms with Gasteiger partial charge in [-0.05, 0) is 19.1 Å². The summed E-state index contributed by atoms with van der Waals surface area (Å²) in [5, 5.41) is 0. The molecule has 0 bridgehead atoms. The average molecular weight is 248 g/mol. The molecule has 17 heavy (non-hydrogen) atoms. The third-order valence-electron chi connectivity index (χ3n) is 2.17. The normalized spacial score (nSPS) is 11.4. The first-order valence-corrected chi connectivity index (χ1v) is 5.14. The van der Waals surface area contributed by atoms with Crippen LogP contribution in [0, 0.1) is 0 Å². The highest BCUT2D eigenvalue weighted by Gasteiger charge is 2.30. The highest BCUT2D eigenvalue weighted by molar-refractivity contribution is 5.73. The Hall–Kier alpha value is -1.59. The Morgan fingerprint density at radius 3 is 2.53 bits per heavy atom. The van der Waals surface area contributed by atoms with E-state index < -0.39 is 12.7 Å². The summed E-state index contributed by atoms with van der Waals surface area (Å²) in [7, 11) is 1.34. The fourth-order valence-electron chi connectivity index (χ4n) is 1.50. The lowest BCUT2D eigenvalue weighted by Crippen LogP contribution is -2.31. The Labute approximate surface area is 98.0 Å². The molecule has 0 aliphatic rings. The molecule has 0 saturated carbocycles. The van der Waals surface area contributed by atoms with Crippen molar-refractivity contribution in [2.75, 3.05) is 30.8 Å². The molecule has 96 valence electrons. The van der Waals surface area contributed by atoms with E-state index in [0.717, 1.165) is 4.90 Å². The summed E-state index contributed by atoms with van der Waals surface area (Å²) < 4.78 is 42.0. The van der Waals surface area contributed by atoms with Crippen molar-refractivity contribution in [2.45, 2.75) is 13.1 Å². The van der Waals surface area contributed by atoms with Crippen LogP contribution in [0.1, 0.15) is 6.92 Å². The molecule has 2 N–H and O–H groups in total. The summed E-state index contributed by atoms with van der Waals surface area (Å²) in [4.78, 5) is 1.05. The van der Waals surface area contributed by atoms with Gasteiger partial charge in [-0.2, -0.15) is 13.2 Å². The van der Waals surface area contributed by atoms with Crippen LogP contribution in [0.2, 0.25) is 0 Å². The van der Waals surface area contributed by atoms with Crippen molar-refractivity contribution in [1.82, 2.24) is 0 Å². The topological polar surface area (TPSA) is 38.5 Å². The van der Waals surface area contributed by atoms with Gasteiger partial charge in [0.05, 0.1) is 18.0 Å². The maximum Gasteiger partial charge on any atom is 0.405 e. The smallest absolute Gasteiger partial charge is 0.405 e. The third kappa shape index (κ3) is 3.72. The van der Waals surface area contributed by atoms with Crippen LogP contribution in [-0.2, 0) is 0 Å². The van der Waals surface area contributed by atoms with Gasteiger partial charge in [-0.1, -0.05) is 6.07 Å². The second-order valence-electron chi connectivity index (χ2n) is 3.59. The molecule has 0 amide bonds. The van der Waals surface area contributed by atoms with Crippen molar-refractivity contribution >= 4 is 11.4 Å². The molecule has 0 aliphatic carbocycles. The van der Waals surface area contributed by atoms with E-state index in [4.69, 9.17) is 10.5 Å². The Bertz CT molecular complexity index is 379. The zero-order chi connectivity index (χ0) is 13.1. The number of benzene rings is 1. The third-order valence-corrected chi connectivity index (χ3v) is 2.17. The van der Waals surface area contributed by atoms with Crippen molar-refractivity contribution < 1.29 is 17.9 Å². The fraction of sp³-hybridized carbons (Fsp3) is 0.455. The number of nitrogens with two attached hydrogens (primary N) is 1. The van der Waals surface area contributed by atoms with Crippen molar-refractivity contribution in [3.8, 4) is 5.75 Å². The van der Waals surface area contributed by atoms with Gasteiger partial charge in [0.25, 0.3) is 0 Å². The minimum absolute atomic E-state index is 0.223. The van der Waals surface area contributed by atoms with Crippen LogP contribution in [0.5, 0.6) is 5.75 Å². The van der Waals surface area contributed by atoms with Crippen molar-refractivity contribution in [3.63, 3.8) is 0 Å². The van der Waals surface area contributed by atoms with E-state index in [0.29, 0.717) is 18.0 Å². The van der Waals surface area contributed by atoms with Crippen molar-refractivity contribution in [1.29, 1.82) is 0 Å². The van der Waals surface area contributed by atoms with Gasteiger partial charge >= 0.3 is 6.18 Å². The summed E-state index contributed by atoms with van der Waals surface area (Å²) in [6, 6.07) is 4.77. The monoisotopic (exact) mass is 248 g/mol. The van der Waals surface area contributed by atoms with Crippen molar-refractivity contribution in [2.24, 2.45) is 0 Å². The molecule has 0 radical (unpaired) electrons. The average Bonchev–Trinajstić information content (AvgIpc) is 2.18. The van der Waals surface area contributed by atoms with Gasteiger partial charge in [0.15, 0.2) is 0 Å². The highest BCUT2D eigenvalue weighted by atomic mass is 19.4. The molecule has 1 aromatic carbocycles. The number of rotatable bonds is 4. The molecule has 0 heterocycles. The predicted molar refractivity (Wildman–Crippen MR) is 61.3 cm³/mol. The molecule has 1 rings (SSSR count). The van der Waals surface area contributed by atoms with E-state index in [2.05, 4.69) is 0 Å². The van der Waals surface area contributed by atoms with Crippen LogP contribution in [0.25, 0.3) is 0 Å². The molecule has 0 saturated heterocycles. The summed E-state index contributed by atoms with van der Waals surface area (Å²) in [6.45, 7) is 1.15. The second kappa shape index (κ2) is 5.16. The Balaban J connectivity index is 2.94. The number of halogens is 3. The number of ether oxygens (including phenoxy) is 1. The molecule has 6 heteroatoms. The van der Waals surface area contributed by atoms with Gasteiger partial charge in [-0.3, -0.25) is 0 Å². The standard InChI is InChI=1S/C11H15F3N2O/c1-3-17-9-6-4-5-8(10(9)15)16(2)7-11(12,13)14/h4-6H,3,7,15H2,1-2H3. The molecule has 0 unspecified atom stereocenters. The van der Waals surface area contributed by atoms with Crippen LogP contribution in [0.15, 0.2) is 18.2 Å². The lowest BCUT2D eigenvalue weighted by Gasteiger charge is -2.23. The van der Waals surface area contributed by atoms with Crippen LogP contribution in [0.4, 0.5) is 24.5 Å². The van der Waals surface area contributed by atoms with Crippen molar-refractivity contribution in [3.05, 3.63) is 18.2 Å². The molecule has 0 fully saturated rings. The van der Waals surface area contributed by atoms with Gasteiger partial charge in [-0.25, -0.2) is 0 Å². The van der Waals surface area contributed by atoms with Crippen LogP contribution in [0.3, 0.4) is 0 Å². The number of hydrogen-bond acceptors (Lipinski definition) is 3. The van der Waals surface area contributed by atoms with Crippen LogP contribution in [-0.4, -0.2) is 26.4 Å². The van der Waals surface area contributed by atoms with E-state index in [1.807, 2.05) is 0 Å². The van der Waals surface area contributed by atoms with E-state index in [1.54, 1.807) is 19.1 Å². The molecule has 1 aromatic rings. The van der Waals surface area contributed by atoms with E-state index in [1.165, 1.54) is 13.1 Å². The number of nitrogens with zero attached hydrogens (tertiary/aromatic N) is 1. The van der Waals surface area contributed by atoms with E-state index in [-0.39, 0.29) is 5.69 Å². The fourth-order valence-corrected chi connectivity index (χ4v) is 1.50. The van der Waals surface area contributed by atoms with Gasteiger partial charge in [-0.15, -0.1) is 0 Å². The van der Waals surface area contributed by atoms with Gasteiger partial charge in [0.2, 0.25) is 0 Å². The minimum atomic E-state index is -4.26. The number of alkyl halides is 3.